The summed E-state index contributed by atoms with van der Waals surface area (Å²) >= 11 is 3.51. The molecule has 2 aliphatic heterocycles. The lowest BCUT2D eigenvalue weighted by Gasteiger charge is -2.25. The normalized spacial score (nSPS) is 19.3. The number of ether oxygens (including phenoxy) is 1. The van der Waals surface area contributed by atoms with Gasteiger partial charge in [0.2, 0.25) is 0 Å². The number of piperidine rings is 1. The Morgan fingerprint density at radius 1 is 1.12 bits per heavy atom. The van der Waals surface area contributed by atoms with Crippen LogP contribution in [0.5, 0.6) is 0 Å². The molecule has 0 bridgehead atoms. The molecule has 4 heterocycles. The van der Waals surface area contributed by atoms with Gasteiger partial charge in [-0.2, -0.15) is 5.10 Å². The summed E-state index contributed by atoms with van der Waals surface area (Å²) in [5, 5.41) is 10.0. The molecule has 0 aliphatic carbocycles. The Morgan fingerprint density at radius 2 is 1.96 bits per heavy atom. The predicted octanol–water partition coefficient (Wildman–Crippen LogP) is 3.53. The Morgan fingerprint density at radius 3 is 2.71 bits per heavy atom. The number of rotatable bonds is 4. The minimum atomic E-state index is 0.761. The van der Waals surface area contributed by atoms with Crippen LogP contribution < -0.4 is 4.90 Å². The number of hydrogen-bond acceptors (Lipinski definition) is 7. The Labute approximate surface area is 150 Å². The number of hydrazone groups is 1. The fourth-order valence-electron chi connectivity index (χ4n) is 3.02. The second kappa shape index (κ2) is 7.63. The van der Waals surface area contributed by atoms with Crippen molar-refractivity contribution in [1.82, 2.24) is 9.99 Å². The molecule has 0 N–H and O–H groups in total. The number of aromatic nitrogens is 1. The maximum absolute atomic E-state index is 5.39. The number of anilines is 1. The Hall–Kier alpha value is -1.44. The largest absolute Gasteiger partial charge is 0.378 e. The first-order valence-electron chi connectivity index (χ1n) is 8.56. The molecule has 5 nitrogen and oxygen atoms in total. The fraction of sp³-hybridized carbons (Fsp3) is 0.529. The lowest BCUT2D eigenvalue weighted by Crippen LogP contribution is -2.32. The van der Waals surface area contributed by atoms with Crippen molar-refractivity contribution in [2.24, 2.45) is 5.10 Å². The van der Waals surface area contributed by atoms with E-state index in [1.54, 1.807) is 22.7 Å². The van der Waals surface area contributed by atoms with Gasteiger partial charge in [-0.25, -0.2) is 4.98 Å². The summed E-state index contributed by atoms with van der Waals surface area (Å²) in [6.45, 7) is 5.49. The van der Waals surface area contributed by atoms with E-state index in [0.717, 1.165) is 55.1 Å². The van der Waals surface area contributed by atoms with Crippen LogP contribution in [0.1, 0.15) is 24.1 Å². The second-order valence-electron chi connectivity index (χ2n) is 6.04. The quantitative estimate of drug-likeness (QED) is 0.780. The standard InChI is InChI=1S/C17H22N4OS2/c1-2-6-20(7-3-1)17-19-16(14-5-4-12-23-14)15(24-17)13-18-21-8-10-22-11-9-21/h4-5,12-13H,1-3,6-11H2/b18-13+. The summed E-state index contributed by atoms with van der Waals surface area (Å²) in [5.41, 5.74) is 1.08. The van der Waals surface area contributed by atoms with Crippen molar-refractivity contribution in [3.8, 4) is 10.6 Å². The van der Waals surface area contributed by atoms with Gasteiger partial charge in [0.1, 0.15) is 5.69 Å². The second-order valence-corrected chi connectivity index (χ2v) is 8.00. The van der Waals surface area contributed by atoms with E-state index in [1.807, 2.05) is 6.21 Å². The topological polar surface area (TPSA) is 41.0 Å². The minimum Gasteiger partial charge on any atom is -0.378 e. The van der Waals surface area contributed by atoms with Gasteiger partial charge in [0.15, 0.2) is 5.13 Å². The maximum Gasteiger partial charge on any atom is 0.186 e. The van der Waals surface area contributed by atoms with E-state index in [-0.39, 0.29) is 0 Å². The highest BCUT2D eigenvalue weighted by Gasteiger charge is 2.19. The lowest BCUT2D eigenvalue weighted by molar-refractivity contribution is 0.0397. The van der Waals surface area contributed by atoms with Crippen molar-refractivity contribution in [2.75, 3.05) is 44.3 Å². The van der Waals surface area contributed by atoms with Gasteiger partial charge >= 0.3 is 0 Å². The fourth-order valence-corrected chi connectivity index (χ4v) is 4.81. The van der Waals surface area contributed by atoms with E-state index < -0.39 is 0 Å². The molecule has 0 unspecified atom stereocenters. The first-order chi connectivity index (χ1) is 11.9. The van der Waals surface area contributed by atoms with Crippen LogP contribution in [0, 0.1) is 0 Å². The van der Waals surface area contributed by atoms with E-state index in [4.69, 9.17) is 9.72 Å². The third kappa shape index (κ3) is 3.63. The van der Waals surface area contributed by atoms with Crippen molar-refractivity contribution < 1.29 is 4.74 Å². The zero-order chi connectivity index (χ0) is 16.2. The van der Waals surface area contributed by atoms with Crippen molar-refractivity contribution in [2.45, 2.75) is 19.3 Å². The molecule has 7 heteroatoms. The molecule has 4 rings (SSSR count). The highest BCUT2D eigenvalue weighted by atomic mass is 32.1. The highest BCUT2D eigenvalue weighted by Crippen LogP contribution is 2.35. The van der Waals surface area contributed by atoms with Crippen molar-refractivity contribution in [3.63, 3.8) is 0 Å². The first kappa shape index (κ1) is 16.1. The number of nitrogens with zero attached hydrogens (tertiary/aromatic N) is 4. The molecular formula is C17H22N4OS2. The lowest BCUT2D eigenvalue weighted by atomic mass is 10.1. The third-order valence-corrected chi connectivity index (χ3v) is 6.28. The molecule has 2 fully saturated rings. The zero-order valence-electron chi connectivity index (χ0n) is 13.7. The first-order valence-corrected chi connectivity index (χ1v) is 10.3. The van der Waals surface area contributed by atoms with Crippen LogP contribution >= 0.6 is 22.7 Å². The molecule has 0 aromatic carbocycles. The van der Waals surface area contributed by atoms with Gasteiger partial charge < -0.3 is 9.64 Å². The number of thiophene rings is 1. The number of hydrogen-bond donors (Lipinski definition) is 0. The molecule has 2 aromatic rings. The molecule has 0 amide bonds. The van der Waals surface area contributed by atoms with Gasteiger partial charge in [-0.3, -0.25) is 5.01 Å². The summed E-state index contributed by atoms with van der Waals surface area (Å²) in [4.78, 5) is 9.77. The van der Waals surface area contributed by atoms with Crippen molar-refractivity contribution >= 4 is 34.0 Å². The van der Waals surface area contributed by atoms with Gasteiger partial charge in [-0.1, -0.05) is 17.4 Å². The molecule has 2 aliphatic rings. The van der Waals surface area contributed by atoms with Crippen LogP contribution in [0.15, 0.2) is 22.6 Å². The monoisotopic (exact) mass is 362 g/mol. The van der Waals surface area contributed by atoms with Crippen LogP contribution in [-0.4, -0.2) is 55.6 Å². The summed E-state index contributed by atoms with van der Waals surface area (Å²) in [5.74, 6) is 0. The van der Waals surface area contributed by atoms with Gasteiger partial charge in [0.25, 0.3) is 0 Å². The van der Waals surface area contributed by atoms with Crippen LogP contribution in [0.4, 0.5) is 5.13 Å². The molecule has 0 atom stereocenters. The van der Waals surface area contributed by atoms with E-state index in [9.17, 15) is 0 Å². The number of thiazole rings is 1. The van der Waals surface area contributed by atoms with E-state index in [0.29, 0.717) is 0 Å². The Bertz CT molecular complexity index is 671. The average molecular weight is 363 g/mol. The van der Waals surface area contributed by atoms with E-state index in [2.05, 4.69) is 32.5 Å². The van der Waals surface area contributed by atoms with Crippen molar-refractivity contribution in [3.05, 3.63) is 22.4 Å². The highest BCUT2D eigenvalue weighted by molar-refractivity contribution is 7.18. The molecule has 0 saturated carbocycles. The molecule has 0 spiro atoms. The minimum absolute atomic E-state index is 0.761. The Balaban J connectivity index is 1.60. The molecule has 2 aromatic heterocycles. The molecule has 0 radical (unpaired) electrons. The van der Waals surface area contributed by atoms with E-state index in [1.165, 1.54) is 24.1 Å². The van der Waals surface area contributed by atoms with E-state index >= 15 is 0 Å². The summed E-state index contributed by atoms with van der Waals surface area (Å²) in [6, 6.07) is 4.23. The van der Waals surface area contributed by atoms with Gasteiger partial charge in [-0.15, -0.1) is 11.3 Å². The van der Waals surface area contributed by atoms with Crippen LogP contribution in [0.2, 0.25) is 0 Å². The summed E-state index contributed by atoms with van der Waals surface area (Å²) in [7, 11) is 0. The van der Waals surface area contributed by atoms with Crippen LogP contribution in [0.25, 0.3) is 10.6 Å². The zero-order valence-corrected chi connectivity index (χ0v) is 15.3. The molecule has 128 valence electrons. The average Bonchev–Trinajstić information content (AvgIpc) is 3.31. The summed E-state index contributed by atoms with van der Waals surface area (Å²) in [6.07, 6.45) is 5.87. The van der Waals surface area contributed by atoms with Gasteiger partial charge in [0.05, 0.1) is 42.3 Å². The van der Waals surface area contributed by atoms with Gasteiger partial charge in [0, 0.05) is 13.1 Å². The third-order valence-electron chi connectivity index (χ3n) is 4.35. The SMILES string of the molecule is C(=N\N1CCOCC1)/c1sc(N2CCCCC2)nc1-c1cccs1. The summed E-state index contributed by atoms with van der Waals surface area (Å²) < 4.78 is 5.39. The predicted molar refractivity (Wildman–Crippen MR) is 101 cm³/mol. The maximum atomic E-state index is 5.39. The Kier molecular flexibility index (Phi) is 5.10. The van der Waals surface area contributed by atoms with Gasteiger partial charge in [-0.05, 0) is 30.7 Å². The van der Waals surface area contributed by atoms with Crippen LogP contribution in [0.3, 0.4) is 0 Å². The number of morpholine rings is 1. The smallest absolute Gasteiger partial charge is 0.186 e. The molecule has 2 saturated heterocycles. The molecular weight excluding hydrogens is 340 g/mol. The van der Waals surface area contributed by atoms with Crippen LogP contribution in [-0.2, 0) is 4.74 Å². The van der Waals surface area contributed by atoms with Crippen molar-refractivity contribution in [1.29, 1.82) is 0 Å². The molecule has 24 heavy (non-hydrogen) atoms.